The van der Waals surface area contributed by atoms with E-state index in [1.165, 1.54) is 15.9 Å². The van der Waals surface area contributed by atoms with Crippen molar-refractivity contribution in [3.05, 3.63) is 146 Å². The van der Waals surface area contributed by atoms with Gasteiger partial charge in [0, 0.05) is 26.3 Å². The van der Waals surface area contributed by atoms with Crippen molar-refractivity contribution >= 4 is 55.7 Å². The van der Waals surface area contributed by atoms with Gasteiger partial charge >= 0.3 is 0 Å². The third kappa shape index (κ3) is 8.44. The summed E-state index contributed by atoms with van der Waals surface area (Å²) in [5, 5.41) is 7.77. The molecule has 4 heterocycles. The first-order chi connectivity index (χ1) is 21.0. The third-order valence-corrected chi connectivity index (χ3v) is 9.72. The lowest BCUT2D eigenvalue weighted by Crippen LogP contribution is -2.20. The molecule has 8 nitrogen and oxygen atoms in total. The number of aromatic nitrogens is 2. The minimum Gasteiger partial charge on any atom is -0.491 e. The Labute approximate surface area is 275 Å². The van der Waals surface area contributed by atoms with E-state index < -0.39 is 7.92 Å². The van der Waals surface area contributed by atoms with E-state index in [2.05, 4.69) is 143 Å². The molecule has 11 heteroatoms. The van der Waals surface area contributed by atoms with Gasteiger partial charge in [-0.2, -0.15) is 0 Å². The number of benzene rings is 3. The predicted molar refractivity (Wildman–Crippen MR) is 186 cm³/mol. The molecular weight excluding hydrogens is 703 g/mol. The highest BCUT2D eigenvalue weighted by Gasteiger charge is 2.24. The van der Waals surface area contributed by atoms with E-state index in [0.29, 0.717) is 24.7 Å². The average Bonchev–Trinajstić information content (AvgIpc) is 3.61. The molecule has 0 saturated heterocycles. The standard InChI is InChI=1S/C18H15P.C7H5BrN4O.C7H7BrN2O.CH4/c1-4-10-16(11-5-1)19(17-12-6-2-7-13-17)18-14-8-3-9-15-18;8-4-1-6-7(10-2-4)5(3-13-6)11-12-9;8-4-1-6-7(10-2-4)5(9)3-11-6;/h1-15H;1-2,5H,3H2;1-2,5H,3,9H2;1H4. The Morgan fingerprint density at radius 3 is 1.64 bits per heavy atom. The average molecular weight is 734 g/mol. The molecule has 5 aromatic rings. The molecule has 0 spiro atoms. The number of halogens is 2. The highest BCUT2D eigenvalue weighted by atomic mass is 79.9. The Hall–Kier alpha value is -3.78. The van der Waals surface area contributed by atoms with Crippen LogP contribution in [0.25, 0.3) is 10.4 Å². The summed E-state index contributed by atoms with van der Waals surface area (Å²) < 4.78 is 12.3. The van der Waals surface area contributed by atoms with Gasteiger partial charge in [0.1, 0.15) is 36.4 Å². The van der Waals surface area contributed by atoms with Crippen molar-refractivity contribution in [1.29, 1.82) is 0 Å². The van der Waals surface area contributed by atoms with Crippen LogP contribution in [-0.2, 0) is 0 Å². The number of ether oxygens (including phenoxy) is 2. The summed E-state index contributed by atoms with van der Waals surface area (Å²) >= 11 is 6.58. The molecule has 3 aromatic carbocycles. The summed E-state index contributed by atoms with van der Waals surface area (Å²) in [6.45, 7) is 0.918. The van der Waals surface area contributed by atoms with Crippen molar-refractivity contribution in [2.45, 2.75) is 19.5 Å². The summed E-state index contributed by atoms with van der Waals surface area (Å²) in [6, 6.07) is 35.7. The number of nitrogens with two attached hydrogens (primary N) is 1. The van der Waals surface area contributed by atoms with Crippen LogP contribution < -0.4 is 31.1 Å². The minimum absolute atomic E-state index is 0. The summed E-state index contributed by atoms with van der Waals surface area (Å²) in [5.74, 6) is 1.48. The highest BCUT2D eigenvalue weighted by Crippen LogP contribution is 2.35. The molecule has 2 N–H and O–H groups in total. The van der Waals surface area contributed by atoms with E-state index in [1.54, 1.807) is 12.4 Å². The Kier molecular flexibility index (Phi) is 12.3. The lowest BCUT2D eigenvalue weighted by molar-refractivity contribution is 0.333. The van der Waals surface area contributed by atoms with Gasteiger partial charge in [-0.1, -0.05) is 104 Å². The Bertz CT molecular complexity index is 1600. The quantitative estimate of drug-likeness (QED) is 0.0872. The van der Waals surface area contributed by atoms with Gasteiger partial charge in [-0.05, 0) is 73.4 Å². The van der Waals surface area contributed by atoms with Crippen LogP contribution in [0.5, 0.6) is 11.5 Å². The van der Waals surface area contributed by atoms with E-state index in [1.807, 2.05) is 12.1 Å². The molecule has 2 aliphatic rings. The van der Waals surface area contributed by atoms with Gasteiger partial charge in [-0.15, -0.1) is 0 Å². The van der Waals surface area contributed by atoms with Gasteiger partial charge in [0.15, 0.2) is 0 Å². The summed E-state index contributed by atoms with van der Waals surface area (Å²) in [5.41, 5.74) is 15.5. The van der Waals surface area contributed by atoms with Crippen molar-refractivity contribution < 1.29 is 9.47 Å². The fraction of sp³-hybridized carbons (Fsp3) is 0.152. The molecule has 0 aliphatic carbocycles. The molecule has 0 fully saturated rings. The minimum atomic E-state index is -0.446. The zero-order valence-electron chi connectivity index (χ0n) is 22.9. The van der Waals surface area contributed by atoms with E-state index >= 15 is 0 Å². The molecule has 0 amide bonds. The van der Waals surface area contributed by atoms with Gasteiger partial charge in [-0.25, -0.2) is 0 Å². The fourth-order valence-corrected chi connectivity index (χ4v) is 7.38. The van der Waals surface area contributed by atoms with E-state index in [4.69, 9.17) is 20.7 Å². The second-order valence-electron chi connectivity index (χ2n) is 9.37. The van der Waals surface area contributed by atoms with Gasteiger partial charge < -0.3 is 15.2 Å². The number of rotatable bonds is 4. The fourth-order valence-electron chi connectivity index (χ4n) is 4.46. The van der Waals surface area contributed by atoms with Gasteiger partial charge in [-0.3, -0.25) is 9.97 Å². The van der Waals surface area contributed by atoms with Gasteiger partial charge in [0.05, 0.1) is 11.7 Å². The molecule has 0 radical (unpaired) electrons. The number of pyridine rings is 2. The summed E-state index contributed by atoms with van der Waals surface area (Å²) in [4.78, 5) is 11.0. The van der Waals surface area contributed by atoms with Crippen molar-refractivity contribution in [3.63, 3.8) is 0 Å². The number of nitrogens with zero attached hydrogens (tertiary/aromatic N) is 5. The van der Waals surface area contributed by atoms with Gasteiger partial charge in [0.25, 0.3) is 0 Å². The molecule has 44 heavy (non-hydrogen) atoms. The Morgan fingerprint density at radius 2 is 1.16 bits per heavy atom. The monoisotopic (exact) mass is 732 g/mol. The van der Waals surface area contributed by atoms with Crippen LogP contribution in [0, 0.1) is 0 Å². The van der Waals surface area contributed by atoms with Crippen molar-refractivity contribution in [1.82, 2.24) is 9.97 Å². The van der Waals surface area contributed by atoms with Crippen LogP contribution in [0.2, 0.25) is 0 Å². The zero-order chi connectivity index (χ0) is 30.0. The summed E-state index contributed by atoms with van der Waals surface area (Å²) in [6.07, 6.45) is 3.39. The Morgan fingerprint density at radius 1 is 0.727 bits per heavy atom. The first-order valence-corrected chi connectivity index (χ1v) is 16.3. The number of hydrogen-bond acceptors (Lipinski definition) is 6. The van der Waals surface area contributed by atoms with E-state index in [-0.39, 0.29) is 19.5 Å². The topological polar surface area (TPSA) is 119 Å². The highest BCUT2D eigenvalue weighted by molar-refractivity contribution is 9.10. The van der Waals surface area contributed by atoms with E-state index in [9.17, 15) is 0 Å². The molecule has 2 aromatic heterocycles. The first-order valence-electron chi connectivity index (χ1n) is 13.3. The van der Waals surface area contributed by atoms with Gasteiger partial charge in [0.2, 0.25) is 0 Å². The van der Waals surface area contributed by atoms with Crippen molar-refractivity contribution in [2.24, 2.45) is 10.8 Å². The molecule has 2 atom stereocenters. The normalized spacial score (nSPS) is 15.4. The molecular formula is C33H31Br2N6O2P. The SMILES string of the molecule is C.NC1COc2cc(Br)cnc21.[N-]=[N+]=NC1COc2cc(Br)cnc21.c1ccc(P(c2ccccc2)c2ccccc2)cc1. The second kappa shape index (κ2) is 16.3. The van der Waals surface area contributed by atoms with Crippen LogP contribution in [0.15, 0.2) is 130 Å². The maximum Gasteiger partial charge on any atom is 0.143 e. The molecule has 0 saturated carbocycles. The lowest BCUT2D eigenvalue weighted by Gasteiger charge is -2.18. The van der Waals surface area contributed by atoms with Crippen LogP contribution in [0.1, 0.15) is 30.9 Å². The predicted octanol–water partition coefficient (Wildman–Crippen LogP) is 7.91. The number of azide groups is 1. The molecule has 0 bridgehead atoms. The largest absolute Gasteiger partial charge is 0.491 e. The van der Waals surface area contributed by atoms with Crippen LogP contribution in [0.4, 0.5) is 0 Å². The third-order valence-electron chi connectivity index (χ3n) is 6.41. The van der Waals surface area contributed by atoms with Crippen LogP contribution >= 0.6 is 39.8 Å². The Balaban J connectivity index is 0.000000156. The van der Waals surface area contributed by atoms with Crippen LogP contribution in [-0.4, -0.2) is 23.2 Å². The molecule has 2 aliphatic heterocycles. The second-order valence-corrected chi connectivity index (χ2v) is 13.4. The first kappa shape index (κ1) is 33.1. The lowest BCUT2D eigenvalue weighted by atomic mass is 10.2. The smallest absolute Gasteiger partial charge is 0.143 e. The van der Waals surface area contributed by atoms with Crippen molar-refractivity contribution in [3.8, 4) is 11.5 Å². The maximum atomic E-state index is 8.27. The number of hydrogen-bond donors (Lipinski definition) is 1. The summed E-state index contributed by atoms with van der Waals surface area (Å²) in [7, 11) is -0.446. The molecule has 7 rings (SSSR count). The zero-order valence-corrected chi connectivity index (χ0v) is 26.9. The molecule has 2 unspecified atom stereocenters. The maximum absolute atomic E-state index is 8.27. The van der Waals surface area contributed by atoms with Crippen LogP contribution in [0.3, 0.4) is 0 Å². The van der Waals surface area contributed by atoms with Crippen molar-refractivity contribution in [2.75, 3.05) is 13.2 Å². The van der Waals surface area contributed by atoms with E-state index in [0.717, 1.165) is 20.4 Å². The number of fused-ring (bicyclic) bond motifs is 2. The molecule has 224 valence electrons.